The van der Waals surface area contributed by atoms with Crippen molar-refractivity contribution in [3.8, 4) is 0 Å². The molecule has 2 aromatic rings. The molecule has 3 heterocycles. The van der Waals surface area contributed by atoms with E-state index in [0.29, 0.717) is 17.4 Å². The summed E-state index contributed by atoms with van der Waals surface area (Å²) in [5, 5.41) is 0. The number of likely N-dealkylation sites (tertiary alicyclic amines) is 1. The average Bonchev–Trinajstić information content (AvgIpc) is 3.47. The van der Waals surface area contributed by atoms with Crippen LogP contribution in [0, 0.1) is 12.8 Å². The summed E-state index contributed by atoms with van der Waals surface area (Å²) in [6.07, 6.45) is 8.88. The zero-order valence-electron chi connectivity index (χ0n) is 14.7. The number of aromatic nitrogens is 3. The minimum atomic E-state index is 0.0595. The zero-order valence-corrected chi connectivity index (χ0v) is 14.7. The van der Waals surface area contributed by atoms with Crippen molar-refractivity contribution >= 4 is 5.91 Å². The van der Waals surface area contributed by atoms with Crippen molar-refractivity contribution in [2.45, 2.75) is 44.9 Å². The smallest absolute Gasteiger partial charge is 0.256 e. The van der Waals surface area contributed by atoms with Crippen LogP contribution in [0.1, 0.15) is 59.2 Å². The van der Waals surface area contributed by atoms with Crippen LogP contribution in [0.5, 0.6) is 0 Å². The summed E-state index contributed by atoms with van der Waals surface area (Å²) in [6, 6.07) is 6.16. The van der Waals surface area contributed by atoms with Crippen LogP contribution in [0.15, 0.2) is 30.6 Å². The molecule has 2 aliphatic rings. The fraction of sp³-hybridized carbons (Fsp3) is 0.500. The molecule has 1 amide bonds. The summed E-state index contributed by atoms with van der Waals surface area (Å²) in [5.41, 5.74) is 2.78. The molecule has 0 N–H and O–H groups in total. The number of pyridine rings is 1. The fourth-order valence-corrected chi connectivity index (χ4v) is 3.61. The Hall–Kier alpha value is -2.30. The van der Waals surface area contributed by atoms with Crippen molar-refractivity contribution in [2.24, 2.45) is 5.92 Å². The van der Waals surface area contributed by atoms with Gasteiger partial charge in [-0.1, -0.05) is 6.07 Å². The van der Waals surface area contributed by atoms with E-state index in [4.69, 9.17) is 0 Å². The molecule has 1 aliphatic carbocycles. The van der Waals surface area contributed by atoms with Gasteiger partial charge >= 0.3 is 0 Å². The quantitative estimate of drug-likeness (QED) is 0.860. The van der Waals surface area contributed by atoms with Crippen LogP contribution in [-0.4, -0.2) is 38.8 Å². The van der Waals surface area contributed by atoms with Crippen LogP contribution >= 0.6 is 0 Å². The summed E-state index contributed by atoms with van der Waals surface area (Å²) < 4.78 is 0. The normalized spacial score (nSPS) is 20.5. The topological polar surface area (TPSA) is 59.0 Å². The molecular weight excluding hydrogens is 312 g/mol. The molecule has 1 saturated heterocycles. The maximum atomic E-state index is 12.8. The molecule has 0 radical (unpaired) electrons. The Kier molecular flexibility index (Phi) is 4.47. The summed E-state index contributed by atoms with van der Waals surface area (Å²) in [7, 11) is 0. The van der Waals surface area contributed by atoms with Crippen molar-refractivity contribution < 1.29 is 4.79 Å². The Morgan fingerprint density at radius 1 is 1.20 bits per heavy atom. The maximum absolute atomic E-state index is 12.8. The molecule has 0 aromatic carbocycles. The van der Waals surface area contributed by atoms with Gasteiger partial charge in [-0.05, 0) is 57.1 Å². The van der Waals surface area contributed by atoms with Gasteiger partial charge in [0.25, 0.3) is 5.91 Å². The third kappa shape index (κ3) is 3.86. The Bertz CT molecular complexity index is 755. The van der Waals surface area contributed by atoms with E-state index in [2.05, 4.69) is 27.1 Å². The average molecular weight is 336 g/mol. The first kappa shape index (κ1) is 16.2. The van der Waals surface area contributed by atoms with Crippen molar-refractivity contribution in [1.82, 2.24) is 19.9 Å². The van der Waals surface area contributed by atoms with Crippen LogP contribution < -0.4 is 0 Å². The highest BCUT2D eigenvalue weighted by molar-refractivity contribution is 5.93. The van der Waals surface area contributed by atoms with Gasteiger partial charge in [-0.25, -0.2) is 9.97 Å². The minimum absolute atomic E-state index is 0.0595. The molecule has 1 aliphatic heterocycles. The molecule has 2 aromatic heterocycles. The van der Waals surface area contributed by atoms with E-state index < -0.39 is 0 Å². The van der Waals surface area contributed by atoms with Gasteiger partial charge in [-0.3, -0.25) is 9.78 Å². The van der Waals surface area contributed by atoms with E-state index in [1.54, 1.807) is 12.4 Å². The third-order valence-corrected chi connectivity index (χ3v) is 5.11. The Morgan fingerprint density at radius 2 is 2.00 bits per heavy atom. The van der Waals surface area contributed by atoms with Crippen molar-refractivity contribution in [3.63, 3.8) is 0 Å². The van der Waals surface area contributed by atoms with E-state index in [1.807, 2.05) is 17.9 Å². The largest absolute Gasteiger partial charge is 0.338 e. The van der Waals surface area contributed by atoms with Crippen LogP contribution in [-0.2, 0) is 6.42 Å². The van der Waals surface area contributed by atoms with Crippen molar-refractivity contribution in [1.29, 1.82) is 0 Å². The van der Waals surface area contributed by atoms with Gasteiger partial charge in [0.2, 0.25) is 0 Å². The molecule has 25 heavy (non-hydrogen) atoms. The number of hydrogen-bond acceptors (Lipinski definition) is 4. The highest BCUT2D eigenvalue weighted by Crippen LogP contribution is 2.37. The lowest BCUT2D eigenvalue weighted by Crippen LogP contribution is -2.40. The van der Waals surface area contributed by atoms with Gasteiger partial charge < -0.3 is 4.90 Å². The monoisotopic (exact) mass is 336 g/mol. The highest BCUT2D eigenvalue weighted by Gasteiger charge is 2.28. The van der Waals surface area contributed by atoms with Gasteiger partial charge in [0.15, 0.2) is 0 Å². The summed E-state index contributed by atoms with van der Waals surface area (Å²) in [6.45, 7) is 3.63. The zero-order chi connectivity index (χ0) is 17.2. The second-order valence-corrected chi connectivity index (χ2v) is 7.34. The number of carbonyl (C=O) groups excluding carboxylic acids is 1. The maximum Gasteiger partial charge on any atom is 0.256 e. The number of carbonyl (C=O) groups is 1. The number of nitrogens with zero attached hydrogens (tertiary/aromatic N) is 4. The molecule has 4 rings (SSSR count). The first-order valence-corrected chi connectivity index (χ1v) is 9.23. The Labute approximate surface area is 148 Å². The first-order chi connectivity index (χ1) is 12.2. The van der Waals surface area contributed by atoms with E-state index in [1.165, 1.54) is 12.8 Å². The van der Waals surface area contributed by atoms with E-state index >= 15 is 0 Å². The highest BCUT2D eigenvalue weighted by atomic mass is 16.2. The molecule has 1 unspecified atom stereocenters. The van der Waals surface area contributed by atoms with Crippen LogP contribution in [0.25, 0.3) is 0 Å². The van der Waals surface area contributed by atoms with Crippen molar-refractivity contribution in [3.05, 3.63) is 53.4 Å². The lowest BCUT2D eigenvalue weighted by molar-refractivity contribution is 0.0672. The number of aryl methyl sites for hydroxylation is 1. The SMILES string of the molecule is Cc1cccc(CC2CCCN(C(=O)c3cnc(C4CC4)nc3)C2)n1. The second kappa shape index (κ2) is 6.90. The molecule has 0 bridgehead atoms. The molecule has 5 heteroatoms. The minimum Gasteiger partial charge on any atom is -0.338 e. The Balaban J connectivity index is 1.40. The van der Waals surface area contributed by atoms with Gasteiger partial charge in [0, 0.05) is 42.8 Å². The van der Waals surface area contributed by atoms with Gasteiger partial charge in [0.1, 0.15) is 5.82 Å². The summed E-state index contributed by atoms with van der Waals surface area (Å²) >= 11 is 0. The van der Waals surface area contributed by atoms with E-state index in [0.717, 1.165) is 49.6 Å². The predicted octanol–water partition coefficient (Wildman–Crippen LogP) is 3.15. The van der Waals surface area contributed by atoms with Crippen LogP contribution in [0.3, 0.4) is 0 Å². The number of piperidine rings is 1. The van der Waals surface area contributed by atoms with Crippen LogP contribution in [0.4, 0.5) is 0 Å². The number of hydrogen-bond donors (Lipinski definition) is 0. The second-order valence-electron chi connectivity index (χ2n) is 7.34. The van der Waals surface area contributed by atoms with Gasteiger partial charge in [-0.2, -0.15) is 0 Å². The molecule has 130 valence electrons. The van der Waals surface area contributed by atoms with Crippen molar-refractivity contribution in [2.75, 3.05) is 13.1 Å². The fourth-order valence-electron chi connectivity index (χ4n) is 3.61. The molecule has 5 nitrogen and oxygen atoms in total. The molecule has 2 fully saturated rings. The molecule has 1 atom stereocenters. The standard InChI is InChI=1S/C20H24N4O/c1-14-4-2-6-18(23-14)10-15-5-3-9-24(13-15)20(25)17-11-21-19(22-12-17)16-7-8-16/h2,4,6,11-12,15-16H,3,5,7-10,13H2,1H3. The first-order valence-electron chi connectivity index (χ1n) is 9.23. The van der Waals surface area contributed by atoms with E-state index in [9.17, 15) is 4.79 Å². The predicted molar refractivity (Wildman–Crippen MR) is 95.3 cm³/mol. The molecule has 1 saturated carbocycles. The lowest BCUT2D eigenvalue weighted by atomic mass is 9.93. The number of rotatable bonds is 4. The molecule has 0 spiro atoms. The Morgan fingerprint density at radius 3 is 2.72 bits per heavy atom. The summed E-state index contributed by atoms with van der Waals surface area (Å²) in [4.78, 5) is 28.1. The number of amides is 1. The van der Waals surface area contributed by atoms with Crippen LogP contribution in [0.2, 0.25) is 0 Å². The molecular formula is C20H24N4O. The van der Waals surface area contributed by atoms with Gasteiger partial charge in [-0.15, -0.1) is 0 Å². The van der Waals surface area contributed by atoms with E-state index in [-0.39, 0.29) is 5.91 Å². The third-order valence-electron chi connectivity index (χ3n) is 5.11. The van der Waals surface area contributed by atoms with Gasteiger partial charge in [0.05, 0.1) is 5.56 Å². The lowest BCUT2D eigenvalue weighted by Gasteiger charge is -2.32. The summed E-state index contributed by atoms with van der Waals surface area (Å²) in [5.74, 6) is 1.94.